The summed E-state index contributed by atoms with van der Waals surface area (Å²) < 4.78 is 0. The van der Waals surface area contributed by atoms with E-state index in [2.05, 4.69) is 40.6 Å². The molecular formula is C18H27N5O. The molecule has 2 N–H and O–H groups in total. The zero-order valence-electron chi connectivity index (χ0n) is 14.7. The first-order valence-electron chi connectivity index (χ1n) is 8.37. The summed E-state index contributed by atoms with van der Waals surface area (Å²) in [5.41, 5.74) is 1.83. The molecule has 2 amide bonds. The van der Waals surface area contributed by atoms with E-state index in [9.17, 15) is 10.1 Å². The molecule has 0 unspecified atom stereocenters. The Morgan fingerprint density at radius 2 is 2.17 bits per heavy atom. The number of piperidine rings is 1. The highest BCUT2D eigenvalue weighted by Crippen LogP contribution is 2.23. The first kappa shape index (κ1) is 18.2. The summed E-state index contributed by atoms with van der Waals surface area (Å²) in [4.78, 5) is 16.1. The minimum Gasteiger partial charge on any atom is -0.341 e. The third-order valence-electron chi connectivity index (χ3n) is 4.75. The average molecular weight is 329 g/mol. The molecule has 0 bridgehead atoms. The summed E-state index contributed by atoms with van der Waals surface area (Å²) in [6.07, 6.45) is 1.03. The number of likely N-dealkylation sites (tertiary alicyclic amines) is 1. The number of nitrogens with zero attached hydrogens (tertiary/aromatic N) is 3. The molecule has 1 aliphatic heterocycles. The number of carbonyl (C=O) groups excluding carboxylic acids is 1. The van der Waals surface area contributed by atoms with Gasteiger partial charge >= 0.3 is 6.03 Å². The molecule has 1 saturated heterocycles. The monoisotopic (exact) mass is 329 g/mol. The summed E-state index contributed by atoms with van der Waals surface area (Å²) in [6.45, 7) is 3.39. The van der Waals surface area contributed by atoms with Crippen LogP contribution < -0.4 is 10.6 Å². The van der Waals surface area contributed by atoms with Crippen molar-refractivity contribution < 1.29 is 4.79 Å². The Kier molecular flexibility index (Phi) is 6.59. The Morgan fingerprint density at radius 3 is 2.83 bits per heavy atom. The predicted octanol–water partition coefficient (Wildman–Crippen LogP) is 1.24. The Hall–Kier alpha value is -2.10. The number of urea groups is 1. The van der Waals surface area contributed by atoms with E-state index in [0.29, 0.717) is 18.5 Å². The van der Waals surface area contributed by atoms with E-state index in [4.69, 9.17) is 0 Å². The second kappa shape index (κ2) is 8.67. The molecule has 6 nitrogen and oxygen atoms in total. The van der Waals surface area contributed by atoms with Crippen molar-refractivity contribution in [2.45, 2.75) is 19.0 Å². The largest absolute Gasteiger partial charge is 0.341 e. The minimum atomic E-state index is -0.127. The van der Waals surface area contributed by atoms with E-state index in [0.717, 1.165) is 37.2 Å². The highest BCUT2D eigenvalue weighted by Gasteiger charge is 2.31. The van der Waals surface area contributed by atoms with E-state index >= 15 is 0 Å². The van der Waals surface area contributed by atoms with Crippen LogP contribution in [0, 0.1) is 17.2 Å². The van der Waals surface area contributed by atoms with Crippen molar-refractivity contribution in [2.75, 3.05) is 40.8 Å². The normalized spacial score (nSPS) is 21.3. The van der Waals surface area contributed by atoms with Crippen LogP contribution in [-0.2, 0) is 6.54 Å². The number of hydrogen-bond acceptors (Lipinski definition) is 4. The van der Waals surface area contributed by atoms with Gasteiger partial charge in [0.1, 0.15) is 0 Å². The van der Waals surface area contributed by atoms with Crippen molar-refractivity contribution in [3.63, 3.8) is 0 Å². The van der Waals surface area contributed by atoms with Gasteiger partial charge in [-0.3, -0.25) is 4.90 Å². The zero-order valence-corrected chi connectivity index (χ0v) is 14.7. The molecule has 1 aliphatic rings. The molecule has 0 saturated carbocycles. The maximum Gasteiger partial charge on any atom is 0.314 e. The number of likely N-dealkylation sites (N-methyl/N-ethyl adjacent to an activating group) is 1. The highest BCUT2D eigenvalue weighted by atomic mass is 16.2. The van der Waals surface area contributed by atoms with Crippen LogP contribution in [0.2, 0.25) is 0 Å². The van der Waals surface area contributed by atoms with Gasteiger partial charge in [0.05, 0.1) is 11.6 Å². The van der Waals surface area contributed by atoms with Gasteiger partial charge in [0.2, 0.25) is 0 Å². The average Bonchev–Trinajstić information content (AvgIpc) is 2.60. The highest BCUT2D eigenvalue weighted by molar-refractivity contribution is 5.73. The Labute approximate surface area is 144 Å². The number of carbonyl (C=O) groups is 1. The lowest BCUT2D eigenvalue weighted by Crippen LogP contribution is -2.53. The Balaban J connectivity index is 1.99. The molecule has 130 valence electrons. The van der Waals surface area contributed by atoms with Crippen molar-refractivity contribution in [1.29, 1.82) is 5.26 Å². The zero-order chi connectivity index (χ0) is 17.5. The maximum absolute atomic E-state index is 11.4. The number of nitrogens with one attached hydrogen (secondary N) is 2. The lowest BCUT2D eigenvalue weighted by atomic mass is 9.90. The van der Waals surface area contributed by atoms with Crippen LogP contribution in [0.3, 0.4) is 0 Å². The fourth-order valence-corrected chi connectivity index (χ4v) is 3.33. The molecule has 1 heterocycles. The second-order valence-electron chi connectivity index (χ2n) is 6.54. The lowest BCUT2D eigenvalue weighted by molar-refractivity contribution is 0.0782. The van der Waals surface area contributed by atoms with Crippen LogP contribution in [0.5, 0.6) is 0 Å². The SMILES string of the molecule is CNC(=O)NC[C@H]1CCN(Cc2ccccc2C#N)C[C@H]1N(C)C. The van der Waals surface area contributed by atoms with Gasteiger partial charge in [0.25, 0.3) is 0 Å². The van der Waals surface area contributed by atoms with Crippen LogP contribution in [-0.4, -0.2) is 62.7 Å². The van der Waals surface area contributed by atoms with E-state index in [1.165, 1.54) is 0 Å². The number of rotatable bonds is 5. The summed E-state index contributed by atoms with van der Waals surface area (Å²) in [7, 11) is 5.81. The van der Waals surface area contributed by atoms with Gasteiger partial charge < -0.3 is 15.5 Å². The molecule has 1 aromatic rings. The van der Waals surface area contributed by atoms with Gasteiger partial charge in [-0.15, -0.1) is 0 Å². The van der Waals surface area contributed by atoms with Gasteiger partial charge in [-0.05, 0) is 44.6 Å². The second-order valence-corrected chi connectivity index (χ2v) is 6.54. The third kappa shape index (κ3) is 4.70. The molecule has 1 fully saturated rings. The minimum absolute atomic E-state index is 0.127. The van der Waals surface area contributed by atoms with Crippen LogP contribution >= 0.6 is 0 Å². The maximum atomic E-state index is 11.4. The van der Waals surface area contributed by atoms with Crippen molar-refractivity contribution in [2.24, 2.45) is 5.92 Å². The number of hydrogen-bond donors (Lipinski definition) is 2. The molecule has 2 rings (SSSR count). The molecule has 0 aromatic heterocycles. The van der Waals surface area contributed by atoms with E-state index in [-0.39, 0.29) is 6.03 Å². The molecule has 24 heavy (non-hydrogen) atoms. The summed E-state index contributed by atoms with van der Waals surface area (Å²) >= 11 is 0. The van der Waals surface area contributed by atoms with Gasteiger partial charge in [-0.1, -0.05) is 18.2 Å². The van der Waals surface area contributed by atoms with Gasteiger partial charge in [-0.2, -0.15) is 5.26 Å². The standard InChI is InChI=1S/C18H27N5O/c1-20-18(24)21-11-15-8-9-23(13-17(15)22(2)3)12-16-7-5-4-6-14(16)10-19/h4-7,15,17H,8-9,11-13H2,1-3H3,(H2,20,21,24)/t15-,17-/m1/s1. The number of amides is 2. The molecule has 1 aromatic carbocycles. The van der Waals surface area contributed by atoms with Crippen LogP contribution in [0.25, 0.3) is 0 Å². The van der Waals surface area contributed by atoms with E-state index < -0.39 is 0 Å². The quantitative estimate of drug-likeness (QED) is 0.853. The Bertz CT molecular complexity index is 595. The Morgan fingerprint density at radius 1 is 1.42 bits per heavy atom. The third-order valence-corrected chi connectivity index (χ3v) is 4.75. The number of benzene rings is 1. The van der Waals surface area contributed by atoms with E-state index in [1.54, 1.807) is 7.05 Å². The molecule has 2 atom stereocenters. The fourth-order valence-electron chi connectivity index (χ4n) is 3.33. The first-order valence-corrected chi connectivity index (χ1v) is 8.37. The van der Waals surface area contributed by atoms with Crippen LogP contribution in [0.4, 0.5) is 4.79 Å². The van der Waals surface area contributed by atoms with Gasteiger partial charge in [0.15, 0.2) is 0 Å². The summed E-state index contributed by atoms with van der Waals surface area (Å²) in [5, 5.41) is 14.8. The van der Waals surface area contributed by atoms with Gasteiger partial charge in [-0.25, -0.2) is 4.79 Å². The van der Waals surface area contributed by atoms with Crippen molar-refractivity contribution >= 4 is 6.03 Å². The number of nitriles is 1. The molecular weight excluding hydrogens is 302 g/mol. The first-order chi connectivity index (χ1) is 11.5. The molecule has 0 aliphatic carbocycles. The van der Waals surface area contributed by atoms with Crippen molar-refractivity contribution in [3.8, 4) is 6.07 Å². The van der Waals surface area contributed by atoms with Crippen LogP contribution in [0.15, 0.2) is 24.3 Å². The fraction of sp³-hybridized carbons (Fsp3) is 0.556. The van der Waals surface area contributed by atoms with E-state index in [1.807, 2.05) is 24.3 Å². The van der Waals surface area contributed by atoms with Crippen molar-refractivity contribution in [1.82, 2.24) is 20.4 Å². The summed E-state index contributed by atoms with van der Waals surface area (Å²) in [6, 6.07) is 10.3. The van der Waals surface area contributed by atoms with Crippen LogP contribution in [0.1, 0.15) is 17.5 Å². The van der Waals surface area contributed by atoms with Gasteiger partial charge in [0, 0.05) is 32.7 Å². The summed E-state index contributed by atoms with van der Waals surface area (Å²) in [5.74, 6) is 0.430. The molecule has 0 spiro atoms. The smallest absolute Gasteiger partial charge is 0.314 e. The van der Waals surface area contributed by atoms with Crippen molar-refractivity contribution in [3.05, 3.63) is 35.4 Å². The molecule has 0 radical (unpaired) electrons. The molecule has 6 heteroatoms. The topological polar surface area (TPSA) is 71.4 Å². The lowest BCUT2D eigenvalue weighted by Gasteiger charge is -2.42. The predicted molar refractivity (Wildman–Crippen MR) is 94.5 cm³/mol.